The molecule has 0 bridgehead atoms. The molecular weight excluding hydrogens is 258 g/mol. The fourth-order valence-electron chi connectivity index (χ4n) is 2.66. The second kappa shape index (κ2) is 6.41. The van der Waals surface area contributed by atoms with E-state index in [9.17, 15) is 14.7 Å². The summed E-state index contributed by atoms with van der Waals surface area (Å²) in [5.74, 6) is -1.94. The summed E-state index contributed by atoms with van der Waals surface area (Å²) in [4.78, 5) is 23.3. The van der Waals surface area contributed by atoms with E-state index in [-0.39, 0.29) is 5.91 Å². The summed E-state index contributed by atoms with van der Waals surface area (Å²) in [6, 6.07) is 7.00. The van der Waals surface area contributed by atoms with Gasteiger partial charge >= 0.3 is 0 Å². The van der Waals surface area contributed by atoms with Gasteiger partial charge in [0, 0.05) is 29.6 Å². The van der Waals surface area contributed by atoms with Crippen molar-refractivity contribution in [1.82, 2.24) is 0 Å². The number of carboxylic acids is 1. The van der Waals surface area contributed by atoms with E-state index >= 15 is 0 Å². The zero-order chi connectivity index (χ0) is 14.5. The smallest absolute Gasteiger partial charge is 0.228 e. The highest BCUT2D eigenvalue weighted by atomic mass is 16.5. The molecule has 1 aromatic carbocycles. The van der Waals surface area contributed by atoms with Gasteiger partial charge in [-0.2, -0.15) is 0 Å². The molecule has 1 amide bonds. The summed E-state index contributed by atoms with van der Waals surface area (Å²) in [6.07, 6.45) is 2.81. The van der Waals surface area contributed by atoms with Gasteiger partial charge in [0.25, 0.3) is 0 Å². The first-order valence-electron chi connectivity index (χ1n) is 6.77. The van der Waals surface area contributed by atoms with E-state index in [1.807, 2.05) is 0 Å². The predicted molar refractivity (Wildman–Crippen MR) is 72.1 cm³/mol. The minimum atomic E-state index is -1.13. The molecule has 0 aromatic heterocycles. The van der Waals surface area contributed by atoms with Crippen molar-refractivity contribution in [2.75, 3.05) is 12.4 Å². The van der Waals surface area contributed by atoms with Crippen molar-refractivity contribution in [3.8, 4) is 5.75 Å². The molecule has 1 aliphatic carbocycles. The Balaban J connectivity index is 2.07. The minimum absolute atomic E-state index is 0.257. The van der Waals surface area contributed by atoms with Gasteiger partial charge in [0.15, 0.2) is 0 Å². The molecule has 2 atom stereocenters. The Kier molecular flexibility index (Phi) is 4.61. The van der Waals surface area contributed by atoms with E-state index in [0.29, 0.717) is 24.3 Å². The number of methoxy groups -OCH3 is 1. The third kappa shape index (κ3) is 3.29. The summed E-state index contributed by atoms with van der Waals surface area (Å²) in [5.41, 5.74) is 0.608. The van der Waals surface area contributed by atoms with Crippen LogP contribution in [0.4, 0.5) is 5.69 Å². The zero-order valence-corrected chi connectivity index (χ0v) is 11.4. The maximum absolute atomic E-state index is 12.2. The molecule has 5 heteroatoms. The summed E-state index contributed by atoms with van der Waals surface area (Å²) in [7, 11) is 1.55. The molecule has 108 valence electrons. The minimum Gasteiger partial charge on any atom is -0.550 e. The van der Waals surface area contributed by atoms with E-state index in [2.05, 4.69) is 5.32 Å². The number of benzene rings is 1. The number of carboxylic acid groups (broad SMARTS) is 1. The van der Waals surface area contributed by atoms with Crippen LogP contribution in [0.25, 0.3) is 0 Å². The van der Waals surface area contributed by atoms with Gasteiger partial charge in [-0.25, -0.2) is 0 Å². The Morgan fingerprint density at radius 2 is 1.95 bits per heavy atom. The molecule has 2 rings (SSSR count). The van der Waals surface area contributed by atoms with Crippen LogP contribution in [-0.2, 0) is 9.59 Å². The number of anilines is 1. The Morgan fingerprint density at radius 3 is 2.60 bits per heavy atom. The lowest BCUT2D eigenvalue weighted by molar-refractivity contribution is -0.313. The second-order valence-corrected chi connectivity index (χ2v) is 5.04. The van der Waals surface area contributed by atoms with Gasteiger partial charge in [0.05, 0.1) is 7.11 Å². The van der Waals surface area contributed by atoms with E-state index in [1.165, 1.54) is 0 Å². The molecule has 0 saturated heterocycles. The van der Waals surface area contributed by atoms with Gasteiger partial charge in [-0.05, 0) is 25.0 Å². The molecule has 0 heterocycles. The third-order valence-corrected chi connectivity index (χ3v) is 3.74. The van der Waals surface area contributed by atoms with Crippen LogP contribution >= 0.6 is 0 Å². The van der Waals surface area contributed by atoms with Crippen LogP contribution < -0.4 is 15.2 Å². The van der Waals surface area contributed by atoms with E-state index in [4.69, 9.17) is 4.74 Å². The van der Waals surface area contributed by atoms with Crippen molar-refractivity contribution < 1.29 is 19.4 Å². The molecule has 5 nitrogen and oxygen atoms in total. The highest BCUT2D eigenvalue weighted by molar-refractivity contribution is 5.95. The molecular formula is C15H18NO4-. The number of rotatable bonds is 4. The van der Waals surface area contributed by atoms with E-state index in [0.717, 1.165) is 12.8 Å². The Hall–Kier alpha value is -2.04. The first-order chi connectivity index (χ1) is 9.61. The van der Waals surface area contributed by atoms with Crippen molar-refractivity contribution in [2.45, 2.75) is 25.7 Å². The first kappa shape index (κ1) is 14.4. The van der Waals surface area contributed by atoms with Crippen LogP contribution in [0.15, 0.2) is 24.3 Å². The molecule has 20 heavy (non-hydrogen) atoms. The van der Waals surface area contributed by atoms with Crippen LogP contribution in [0.3, 0.4) is 0 Å². The van der Waals surface area contributed by atoms with Crippen molar-refractivity contribution in [3.63, 3.8) is 0 Å². The number of aliphatic carboxylic acids is 1. The van der Waals surface area contributed by atoms with E-state index < -0.39 is 17.8 Å². The molecule has 1 aromatic rings. The quantitative estimate of drug-likeness (QED) is 0.896. The number of nitrogens with one attached hydrogen (secondary N) is 1. The number of ether oxygens (including phenoxy) is 1. The topological polar surface area (TPSA) is 78.5 Å². The predicted octanol–water partition coefficient (Wildman–Crippen LogP) is 1.19. The monoisotopic (exact) mass is 276 g/mol. The second-order valence-electron chi connectivity index (χ2n) is 5.04. The molecule has 1 aliphatic rings. The van der Waals surface area contributed by atoms with Gasteiger partial charge < -0.3 is 20.0 Å². The van der Waals surface area contributed by atoms with Crippen LogP contribution in [0.2, 0.25) is 0 Å². The SMILES string of the molecule is COc1cccc(NC(=O)[C@H]2CCCC[C@@H]2C(=O)[O-])c1. The molecule has 0 aliphatic heterocycles. The Labute approximate surface area is 117 Å². The summed E-state index contributed by atoms with van der Waals surface area (Å²) in [5, 5.41) is 13.9. The average Bonchev–Trinajstić information content (AvgIpc) is 2.47. The summed E-state index contributed by atoms with van der Waals surface area (Å²) < 4.78 is 5.09. The molecule has 0 radical (unpaired) electrons. The van der Waals surface area contributed by atoms with Gasteiger partial charge in [-0.1, -0.05) is 18.9 Å². The van der Waals surface area contributed by atoms with Crippen molar-refractivity contribution in [3.05, 3.63) is 24.3 Å². The standard InChI is InChI=1S/C15H19NO4/c1-20-11-6-4-5-10(9-11)16-14(17)12-7-2-3-8-13(12)15(18)19/h4-6,9,12-13H,2-3,7-8H2,1H3,(H,16,17)(H,18,19)/p-1/t12-,13-/m0/s1. The molecule has 1 N–H and O–H groups in total. The molecule has 1 fully saturated rings. The van der Waals surface area contributed by atoms with E-state index in [1.54, 1.807) is 31.4 Å². The third-order valence-electron chi connectivity index (χ3n) is 3.74. The van der Waals surface area contributed by atoms with Crippen LogP contribution in [0.1, 0.15) is 25.7 Å². The maximum atomic E-state index is 12.2. The number of hydrogen-bond donors (Lipinski definition) is 1. The number of carbonyl (C=O) groups is 2. The lowest BCUT2D eigenvalue weighted by Gasteiger charge is -2.31. The lowest BCUT2D eigenvalue weighted by Crippen LogP contribution is -2.42. The highest BCUT2D eigenvalue weighted by Crippen LogP contribution is 2.31. The molecule has 0 spiro atoms. The zero-order valence-electron chi connectivity index (χ0n) is 11.4. The van der Waals surface area contributed by atoms with Gasteiger partial charge in [-0.15, -0.1) is 0 Å². The van der Waals surface area contributed by atoms with Gasteiger partial charge in [0.2, 0.25) is 5.91 Å². The van der Waals surface area contributed by atoms with Crippen LogP contribution in [0, 0.1) is 11.8 Å². The highest BCUT2D eigenvalue weighted by Gasteiger charge is 2.31. The van der Waals surface area contributed by atoms with Gasteiger partial charge in [0.1, 0.15) is 5.75 Å². The average molecular weight is 276 g/mol. The first-order valence-corrected chi connectivity index (χ1v) is 6.77. The molecule has 1 saturated carbocycles. The lowest BCUT2D eigenvalue weighted by atomic mass is 9.78. The van der Waals surface area contributed by atoms with Crippen LogP contribution in [0.5, 0.6) is 5.75 Å². The number of hydrogen-bond acceptors (Lipinski definition) is 4. The Bertz CT molecular complexity index is 500. The van der Waals surface area contributed by atoms with Crippen molar-refractivity contribution in [1.29, 1.82) is 0 Å². The fourth-order valence-corrected chi connectivity index (χ4v) is 2.66. The number of carbonyl (C=O) groups excluding carboxylic acids is 2. The van der Waals surface area contributed by atoms with Gasteiger partial charge in [-0.3, -0.25) is 4.79 Å². The van der Waals surface area contributed by atoms with Crippen molar-refractivity contribution >= 4 is 17.6 Å². The normalized spacial score (nSPS) is 22.1. The van der Waals surface area contributed by atoms with Crippen molar-refractivity contribution in [2.24, 2.45) is 11.8 Å². The summed E-state index contributed by atoms with van der Waals surface area (Å²) >= 11 is 0. The number of amides is 1. The largest absolute Gasteiger partial charge is 0.550 e. The summed E-state index contributed by atoms with van der Waals surface area (Å²) in [6.45, 7) is 0. The maximum Gasteiger partial charge on any atom is 0.228 e. The molecule has 0 unspecified atom stereocenters. The Morgan fingerprint density at radius 1 is 1.25 bits per heavy atom. The fraction of sp³-hybridized carbons (Fsp3) is 0.467. The van der Waals surface area contributed by atoms with Crippen LogP contribution in [-0.4, -0.2) is 19.0 Å².